The van der Waals surface area contributed by atoms with Gasteiger partial charge in [-0.15, -0.1) is 0 Å². The summed E-state index contributed by atoms with van der Waals surface area (Å²) in [6.07, 6.45) is -0.560. The van der Waals surface area contributed by atoms with E-state index in [2.05, 4.69) is 5.32 Å². The number of ether oxygens (including phenoxy) is 2. The molecule has 18 heavy (non-hydrogen) atoms. The second kappa shape index (κ2) is 8.88. The smallest absolute Gasteiger partial charge is 0.118 e. The van der Waals surface area contributed by atoms with Gasteiger partial charge in [0.2, 0.25) is 0 Å². The van der Waals surface area contributed by atoms with Gasteiger partial charge in [0.25, 0.3) is 0 Å². The van der Waals surface area contributed by atoms with Crippen LogP contribution in [0.1, 0.15) is 5.56 Å². The second-order valence-electron chi connectivity index (χ2n) is 3.94. The Morgan fingerprint density at radius 1 is 1.28 bits per heavy atom. The third-order valence-electron chi connectivity index (χ3n) is 2.41. The minimum Gasteiger partial charge on any atom is -0.497 e. The summed E-state index contributed by atoms with van der Waals surface area (Å²) >= 11 is 0. The van der Waals surface area contributed by atoms with Crippen LogP contribution in [-0.4, -0.2) is 49.7 Å². The molecule has 0 bridgehead atoms. The lowest BCUT2D eigenvalue weighted by atomic mass is 10.2. The van der Waals surface area contributed by atoms with Crippen LogP contribution in [0.25, 0.3) is 0 Å². The summed E-state index contributed by atoms with van der Waals surface area (Å²) in [6.45, 7) is 1.70. The average Bonchev–Trinajstić information content (AvgIpc) is 2.40. The molecule has 1 unspecified atom stereocenters. The highest BCUT2D eigenvalue weighted by Gasteiger charge is 2.03. The van der Waals surface area contributed by atoms with Crippen LogP contribution in [0.3, 0.4) is 0 Å². The monoisotopic (exact) mass is 255 g/mol. The first-order chi connectivity index (χ1) is 8.76. The molecule has 0 radical (unpaired) electrons. The molecule has 0 amide bonds. The van der Waals surface area contributed by atoms with Gasteiger partial charge in [-0.2, -0.15) is 0 Å². The first kappa shape index (κ1) is 14.9. The Labute approximate surface area is 107 Å². The molecule has 1 atom stereocenters. The Balaban J connectivity index is 2.16. The molecule has 0 aliphatic heterocycles. The third kappa shape index (κ3) is 5.97. The van der Waals surface area contributed by atoms with Crippen LogP contribution < -0.4 is 10.1 Å². The number of methoxy groups -OCH3 is 1. The number of aliphatic hydroxyl groups excluding tert-OH is 2. The van der Waals surface area contributed by atoms with E-state index in [9.17, 15) is 5.11 Å². The van der Waals surface area contributed by atoms with Gasteiger partial charge in [-0.25, -0.2) is 0 Å². The van der Waals surface area contributed by atoms with Crippen molar-refractivity contribution in [1.82, 2.24) is 5.32 Å². The Morgan fingerprint density at radius 3 is 2.61 bits per heavy atom. The topological polar surface area (TPSA) is 71.0 Å². The summed E-state index contributed by atoms with van der Waals surface area (Å²) in [6, 6.07) is 7.60. The van der Waals surface area contributed by atoms with E-state index in [-0.39, 0.29) is 13.2 Å². The Morgan fingerprint density at radius 2 is 2.00 bits per heavy atom. The summed E-state index contributed by atoms with van der Waals surface area (Å²) < 4.78 is 10.4. The van der Waals surface area contributed by atoms with E-state index >= 15 is 0 Å². The van der Waals surface area contributed by atoms with Crippen LogP contribution in [-0.2, 0) is 11.3 Å². The Kier molecular flexibility index (Phi) is 7.36. The molecule has 1 rings (SSSR count). The molecule has 0 heterocycles. The number of benzene rings is 1. The number of hydrogen-bond donors (Lipinski definition) is 3. The molecule has 0 fully saturated rings. The molecule has 0 aromatic heterocycles. The van der Waals surface area contributed by atoms with Gasteiger partial charge < -0.3 is 25.0 Å². The maximum absolute atomic E-state index is 9.55. The van der Waals surface area contributed by atoms with Crippen LogP contribution in [0.4, 0.5) is 0 Å². The number of aliphatic hydroxyl groups is 2. The van der Waals surface area contributed by atoms with Crippen molar-refractivity contribution in [3.63, 3.8) is 0 Å². The highest BCUT2D eigenvalue weighted by molar-refractivity contribution is 5.26. The summed E-state index contributed by atoms with van der Waals surface area (Å²) in [5, 5.41) is 21.0. The zero-order valence-corrected chi connectivity index (χ0v) is 10.6. The number of nitrogens with one attached hydrogen (secondary N) is 1. The average molecular weight is 255 g/mol. The van der Waals surface area contributed by atoms with Crippen LogP contribution in [0.5, 0.6) is 5.75 Å². The Hall–Kier alpha value is -1.14. The lowest BCUT2D eigenvalue weighted by molar-refractivity contribution is 0.0285. The molecule has 0 aliphatic rings. The molecule has 0 saturated carbocycles. The van der Waals surface area contributed by atoms with Crippen LogP contribution in [0.2, 0.25) is 0 Å². The number of rotatable bonds is 9. The zero-order valence-electron chi connectivity index (χ0n) is 10.6. The fourth-order valence-electron chi connectivity index (χ4n) is 1.44. The van der Waals surface area contributed by atoms with Crippen molar-refractivity contribution < 1.29 is 19.7 Å². The largest absolute Gasteiger partial charge is 0.497 e. The van der Waals surface area contributed by atoms with E-state index in [0.717, 1.165) is 11.3 Å². The fourth-order valence-corrected chi connectivity index (χ4v) is 1.44. The molecule has 5 nitrogen and oxygen atoms in total. The first-order valence-corrected chi connectivity index (χ1v) is 5.96. The van der Waals surface area contributed by atoms with Crippen molar-refractivity contribution in [3.8, 4) is 5.75 Å². The quantitative estimate of drug-likeness (QED) is 0.548. The predicted octanol–water partition coefficient (Wildman–Crippen LogP) is 0.155. The van der Waals surface area contributed by atoms with E-state index in [4.69, 9.17) is 14.6 Å². The predicted molar refractivity (Wildman–Crippen MR) is 68.6 cm³/mol. The van der Waals surface area contributed by atoms with E-state index < -0.39 is 6.10 Å². The maximum atomic E-state index is 9.55. The molecule has 0 saturated heterocycles. The lowest BCUT2D eigenvalue weighted by Gasteiger charge is -2.12. The van der Waals surface area contributed by atoms with Gasteiger partial charge in [0.05, 0.1) is 33.0 Å². The molecule has 3 N–H and O–H groups in total. The van der Waals surface area contributed by atoms with Gasteiger partial charge in [0.1, 0.15) is 5.75 Å². The van der Waals surface area contributed by atoms with Crippen molar-refractivity contribution in [2.24, 2.45) is 0 Å². The van der Waals surface area contributed by atoms with Crippen LogP contribution in [0, 0.1) is 0 Å². The normalized spacial score (nSPS) is 12.4. The summed E-state index contributed by atoms with van der Waals surface area (Å²) in [7, 11) is 1.63. The first-order valence-electron chi connectivity index (χ1n) is 5.96. The lowest BCUT2D eigenvalue weighted by Crippen LogP contribution is -2.32. The summed E-state index contributed by atoms with van der Waals surface area (Å²) in [4.78, 5) is 0. The van der Waals surface area contributed by atoms with Crippen molar-refractivity contribution >= 4 is 0 Å². The fraction of sp³-hybridized carbons (Fsp3) is 0.538. The van der Waals surface area contributed by atoms with Crippen LogP contribution in [0.15, 0.2) is 24.3 Å². The van der Waals surface area contributed by atoms with Gasteiger partial charge in [-0.05, 0) is 17.7 Å². The summed E-state index contributed by atoms with van der Waals surface area (Å²) in [5.41, 5.74) is 1.03. The second-order valence-corrected chi connectivity index (χ2v) is 3.94. The Bertz CT molecular complexity index is 315. The van der Waals surface area contributed by atoms with Gasteiger partial charge in [0.15, 0.2) is 0 Å². The van der Waals surface area contributed by atoms with Gasteiger partial charge in [0, 0.05) is 13.1 Å². The molecular formula is C13H21NO4. The molecule has 1 aromatic carbocycles. The van der Waals surface area contributed by atoms with Crippen molar-refractivity contribution in [2.75, 3.05) is 33.4 Å². The minimum atomic E-state index is -0.560. The van der Waals surface area contributed by atoms with Gasteiger partial charge in [-0.3, -0.25) is 0 Å². The molecule has 102 valence electrons. The highest BCUT2D eigenvalue weighted by atomic mass is 16.5. The van der Waals surface area contributed by atoms with Crippen molar-refractivity contribution in [1.29, 1.82) is 0 Å². The molecule has 5 heteroatoms. The van der Waals surface area contributed by atoms with Gasteiger partial charge >= 0.3 is 0 Å². The van der Waals surface area contributed by atoms with Crippen molar-refractivity contribution in [2.45, 2.75) is 12.7 Å². The van der Waals surface area contributed by atoms with E-state index in [1.807, 2.05) is 24.3 Å². The minimum absolute atomic E-state index is 0.0689. The third-order valence-corrected chi connectivity index (χ3v) is 2.41. The van der Waals surface area contributed by atoms with E-state index in [0.29, 0.717) is 19.7 Å². The molecule has 0 spiro atoms. The van der Waals surface area contributed by atoms with Crippen molar-refractivity contribution in [3.05, 3.63) is 29.8 Å². The summed E-state index contributed by atoms with van der Waals surface area (Å²) in [5.74, 6) is 0.812. The van der Waals surface area contributed by atoms with Crippen LogP contribution >= 0.6 is 0 Å². The maximum Gasteiger partial charge on any atom is 0.118 e. The number of hydrogen-bond acceptors (Lipinski definition) is 5. The SMILES string of the molecule is COc1ccc(COCC(O)CNCCO)cc1. The van der Waals surface area contributed by atoms with E-state index in [1.165, 1.54) is 0 Å². The molecule has 0 aliphatic carbocycles. The standard InChI is InChI=1S/C13H21NO4/c1-17-13-4-2-11(3-5-13)9-18-10-12(16)8-14-6-7-15/h2-5,12,14-16H,6-10H2,1H3. The zero-order chi connectivity index (χ0) is 13.2. The van der Waals surface area contributed by atoms with Gasteiger partial charge in [-0.1, -0.05) is 12.1 Å². The highest BCUT2D eigenvalue weighted by Crippen LogP contribution is 2.11. The molecular weight excluding hydrogens is 234 g/mol. The molecule has 1 aromatic rings. The van der Waals surface area contributed by atoms with E-state index in [1.54, 1.807) is 7.11 Å².